The monoisotopic (exact) mass is 311 g/mol. The van der Waals surface area contributed by atoms with Gasteiger partial charge in [0.05, 0.1) is 10.7 Å². The second-order valence-corrected chi connectivity index (χ2v) is 4.54. The van der Waals surface area contributed by atoms with E-state index >= 15 is 0 Å². The van der Waals surface area contributed by atoms with Crippen LogP contribution in [0.3, 0.4) is 0 Å². The standard InChI is InChI=1S/C14H12ClF2N3O/c1-2-18-12-6-4-9(15)13(20-12)14(21)19-11-5-3-8(16)7-10(11)17/h3-7H,2H2,1H3,(H,18,20)(H,19,21). The van der Waals surface area contributed by atoms with E-state index in [1.807, 2.05) is 6.92 Å². The fourth-order valence-corrected chi connectivity index (χ4v) is 1.84. The van der Waals surface area contributed by atoms with Gasteiger partial charge in [0.1, 0.15) is 23.1 Å². The average molecular weight is 312 g/mol. The van der Waals surface area contributed by atoms with Crippen molar-refractivity contribution in [2.75, 3.05) is 17.2 Å². The van der Waals surface area contributed by atoms with Crippen molar-refractivity contribution < 1.29 is 13.6 Å². The minimum atomic E-state index is -0.873. The summed E-state index contributed by atoms with van der Waals surface area (Å²) in [4.78, 5) is 16.1. The number of anilines is 2. The fourth-order valence-electron chi connectivity index (χ4n) is 1.65. The molecular weight excluding hydrogens is 300 g/mol. The first kappa shape index (κ1) is 15.2. The zero-order valence-electron chi connectivity index (χ0n) is 11.1. The third kappa shape index (κ3) is 3.66. The highest BCUT2D eigenvalue weighted by atomic mass is 35.5. The van der Waals surface area contributed by atoms with E-state index in [0.29, 0.717) is 18.4 Å². The van der Waals surface area contributed by atoms with E-state index in [2.05, 4.69) is 15.6 Å². The van der Waals surface area contributed by atoms with Crippen molar-refractivity contribution in [1.29, 1.82) is 0 Å². The first-order valence-corrected chi connectivity index (χ1v) is 6.56. The molecule has 1 amide bonds. The van der Waals surface area contributed by atoms with E-state index in [4.69, 9.17) is 11.6 Å². The van der Waals surface area contributed by atoms with Crippen LogP contribution in [-0.4, -0.2) is 17.4 Å². The van der Waals surface area contributed by atoms with Gasteiger partial charge in [0.25, 0.3) is 5.91 Å². The van der Waals surface area contributed by atoms with Gasteiger partial charge >= 0.3 is 0 Å². The van der Waals surface area contributed by atoms with Crippen LogP contribution in [0.2, 0.25) is 5.02 Å². The third-order valence-electron chi connectivity index (χ3n) is 2.60. The first-order chi connectivity index (χ1) is 10.0. The second-order valence-electron chi connectivity index (χ2n) is 4.14. The number of nitrogens with one attached hydrogen (secondary N) is 2. The normalized spacial score (nSPS) is 10.3. The van der Waals surface area contributed by atoms with E-state index in [-0.39, 0.29) is 16.4 Å². The van der Waals surface area contributed by atoms with Crippen molar-refractivity contribution in [3.05, 3.63) is 52.7 Å². The van der Waals surface area contributed by atoms with Crippen LogP contribution in [0.15, 0.2) is 30.3 Å². The van der Waals surface area contributed by atoms with Gasteiger partial charge in [-0.15, -0.1) is 0 Å². The highest BCUT2D eigenvalue weighted by Gasteiger charge is 2.15. The number of rotatable bonds is 4. The molecule has 0 saturated heterocycles. The summed E-state index contributed by atoms with van der Waals surface area (Å²) in [5.74, 6) is -1.80. The molecule has 0 aliphatic rings. The van der Waals surface area contributed by atoms with Gasteiger partial charge in [-0.25, -0.2) is 13.8 Å². The predicted octanol–water partition coefficient (Wildman–Crippen LogP) is 3.70. The number of hydrogen-bond donors (Lipinski definition) is 2. The molecule has 7 heteroatoms. The SMILES string of the molecule is CCNc1ccc(Cl)c(C(=O)Nc2ccc(F)cc2F)n1. The van der Waals surface area contributed by atoms with Crippen LogP contribution < -0.4 is 10.6 Å². The molecule has 4 nitrogen and oxygen atoms in total. The molecule has 1 heterocycles. The maximum absolute atomic E-state index is 13.5. The van der Waals surface area contributed by atoms with Crippen molar-refractivity contribution in [2.24, 2.45) is 0 Å². The lowest BCUT2D eigenvalue weighted by Crippen LogP contribution is -2.16. The number of pyridine rings is 1. The molecule has 0 radical (unpaired) electrons. The molecule has 0 saturated carbocycles. The van der Waals surface area contributed by atoms with Crippen molar-refractivity contribution in [2.45, 2.75) is 6.92 Å². The lowest BCUT2D eigenvalue weighted by atomic mass is 10.2. The molecule has 21 heavy (non-hydrogen) atoms. The summed E-state index contributed by atoms with van der Waals surface area (Å²) >= 11 is 5.92. The van der Waals surface area contributed by atoms with E-state index in [1.54, 1.807) is 6.07 Å². The number of aromatic nitrogens is 1. The summed E-state index contributed by atoms with van der Waals surface area (Å²) < 4.78 is 26.3. The van der Waals surface area contributed by atoms with Crippen LogP contribution in [0.25, 0.3) is 0 Å². The molecule has 0 atom stereocenters. The summed E-state index contributed by atoms with van der Waals surface area (Å²) in [6.07, 6.45) is 0. The summed E-state index contributed by atoms with van der Waals surface area (Å²) in [5, 5.41) is 5.38. The highest BCUT2D eigenvalue weighted by Crippen LogP contribution is 2.20. The van der Waals surface area contributed by atoms with Crippen LogP contribution in [0.1, 0.15) is 17.4 Å². The Morgan fingerprint density at radius 2 is 2.05 bits per heavy atom. The third-order valence-corrected chi connectivity index (χ3v) is 2.90. The average Bonchev–Trinajstić information content (AvgIpc) is 2.44. The Labute approximate surface area is 125 Å². The quantitative estimate of drug-likeness (QED) is 0.905. The number of amides is 1. The van der Waals surface area contributed by atoms with Gasteiger partial charge in [-0.05, 0) is 31.2 Å². The Kier molecular flexibility index (Phi) is 4.70. The summed E-state index contributed by atoms with van der Waals surface area (Å²) in [6.45, 7) is 2.51. The minimum absolute atomic E-state index is 0.0427. The molecule has 1 aromatic carbocycles. The van der Waals surface area contributed by atoms with Gasteiger partial charge in [-0.1, -0.05) is 11.6 Å². The van der Waals surface area contributed by atoms with Gasteiger partial charge in [0.2, 0.25) is 0 Å². The van der Waals surface area contributed by atoms with Crippen LogP contribution in [0.5, 0.6) is 0 Å². The Balaban J connectivity index is 2.25. The van der Waals surface area contributed by atoms with E-state index in [9.17, 15) is 13.6 Å². The molecule has 0 spiro atoms. The zero-order chi connectivity index (χ0) is 15.4. The predicted molar refractivity (Wildman–Crippen MR) is 77.7 cm³/mol. The fraction of sp³-hybridized carbons (Fsp3) is 0.143. The molecule has 0 fully saturated rings. The second kappa shape index (κ2) is 6.49. The van der Waals surface area contributed by atoms with Crippen LogP contribution >= 0.6 is 11.6 Å². The maximum atomic E-state index is 13.5. The number of carbonyl (C=O) groups is 1. The molecule has 110 valence electrons. The van der Waals surface area contributed by atoms with Gasteiger partial charge in [-0.2, -0.15) is 0 Å². The number of carbonyl (C=O) groups excluding carboxylic acids is 1. The van der Waals surface area contributed by atoms with Gasteiger partial charge in [0, 0.05) is 12.6 Å². The van der Waals surface area contributed by atoms with Crippen molar-refractivity contribution in [3.8, 4) is 0 Å². The number of hydrogen-bond acceptors (Lipinski definition) is 3. The number of benzene rings is 1. The molecule has 2 N–H and O–H groups in total. The number of halogens is 3. The molecule has 1 aromatic heterocycles. The first-order valence-electron chi connectivity index (χ1n) is 6.18. The summed E-state index contributed by atoms with van der Waals surface area (Å²) in [7, 11) is 0. The topological polar surface area (TPSA) is 54.0 Å². The molecule has 0 unspecified atom stereocenters. The van der Waals surface area contributed by atoms with Crippen LogP contribution in [-0.2, 0) is 0 Å². The van der Waals surface area contributed by atoms with Gasteiger partial charge in [-0.3, -0.25) is 4.79 Å². The molecule has 0 aliphatic heterocycles. The number of nitrogens with zero attached hydrogens (tertiary/aromatic N) is 1. The molecule has 0 bridgehead atoms. The Hall–Kier alpha value is -2.21. The molecule has 2 rings (SSSR count). The van der Waals surface area contributed by atoms with E-state index in [1.165, 1.54) is 6.07 Å². The van der Waals surface area contributed by atoms with E-state index in [0.717, 1.165) is 12.1 Å². The summed E-state index contributed by atoms with van der Waals surface area (Å²) in [5.41, 5.74) is -0.188. The molecule has 0 aliphatic carbocycles. The van der Waals surface area contributed by atoms with Crippen molar-refractivity contribution in [3.63, 3.8) is 0 Å². The molecular formula is C14H12ClF2N3O. The van der Waals surface area contributed by atoms with Crippen molar-refractivity contribution in [1.82, 2.24) is 4.98 Å². The van der Waals surface area contributed by atoms with Crippen LogP contribution in [0, 0.1) is 11.6 Å². The minimum Gasteiger partial charge on any atom is -0.370 e. The largest absolute Gasteiger partial charge is 0.370 e. The van der Waals surface area contributed by atoms with Crippen LogP contribution in [0.4, 0.5) is 20.3 Å². The van der Waals surface area contributed by atoms with Gasteiger partial charge < -0.3 is 10.6 Å². The smallest absolute Gasteiger partial charge is 0.275 e. The Bertz CT molecular complexity index is 679. The lowest BCUT2D eigenvalue weighted by Gasteiger charge is -2.09. The highest BCUT2D eigenvalue weighted by molar-refractivity contribution is 6.34. The van der Waals surface area contributed by atoms with Gasteiger partial charge in [0.15, 0.2) is 0 Å². The Morgan fingerprint density at radius 3 is 2.71 bits per heavy atom. The van der Waals surface area contributed by atoms with Crippen molar-refractivity contribution >= 4 is 29.0 Å². The summed E-state index contributed by atoms with van der Waals surface area (Å²) in [6, 6.07) is 6.00. The van der Waals surface area contributed by atoms with E-state index < -0.39 is 17.5 Å². The molecule has 2 aromatic rings. The maximum Gasteiger partial charge on any atom is 0.275 e. The lowest BCUT2D eigenvalue weighted by molar-refractivity contribution is 0.102. The Morgan fingerprint density at radius 1 is 1.29 bits per heavy atom. The zero-order valence-corrected chi connectivity index (χ0v) is 11.8.